The van der Waals surface area contributed by atoms with Gasteiger partial charge in [-0.05, 0) is 132 Å². The molecule has 0 radical (unpaired) electrons. The van der Waals surface area contributed by atoms with Crippen molar-refractivity contribution in [2.24, 2.45) is 0 Å². The summed E-state index contributed by atoms with van der Waals surface area (Å²) in [7, 11) is 0. The first kappa shape index (κ1) is 33.6. The maximum Gasteiger partial charge on any atom is 0.0465 e. The first-order valence-electron chi connectivity index (χ1n) is 19.5. The highest BCUT2D eigenvalue weighted by molar-refractivity contribution is 5.97. The van der Waals surface area contributed by atoms with E-state index in [1.54, 1.807) is 0 Å². The van der Waals surface area contributed by atoms with Gasteiger partial charge in [0.1, 0.15) is 0 Å². The summed E-state index contributed by atoms with van der Waals surface area (Å²) in [6.07, 6.45) is 0. The second-order valence-electron chi connectivity index (χ2n) is 15.4. The molecule has 0 amide bonds. The van der Waals surface area contributed by atoms with Crippen LogP contribution in [-0.2, 0) is 5.41 Å². The lowest BCUT2D eigenvalue weighted by molar-refractivity contribution is 0.660. The summed E-state index contributed by atoms with van der Waals surface area (Å²) < 4.78 is 0. The molecule has 0 N–H and O–H groups in total. The fourth-order valence-electron chi connectivity index (χ4n) is 8.80. The standard InChI is InChI=1S/C55H41N/c1-55(2)52-27-15-26-48(44-23-14-22-41(34-44)38-16-6-3-7-17-38)54(52)49-33-32-47(37-53(49)55)56(45-24-10-5-11-25-45)46-30-28-40(29-31-46)51-36-43-21-13-12-20-42(43)35-50(51)39-18-8-4-9-19-39/h3-37H,1-2H3. The summed E-state index contributed by atoms with van der Waals surface area (Å²) in [4.78, 5) is 2.39. The topological polar surface area (TPSA) is 3.24 Å². The molecule has 9 aromatic carbocycles. The van der Waals surface area contributed by atoms with Crippen molar-refractivity contribution >= 4 is 27.8 Å². The van der Waals surface area contributed by atoms with Crippen LogP contribution in [0, 0.1) is 0 Å². The molecule has 0 unspecified atom stereocenters. The minimum absolute atomic E-state index is 0.177. The van der Waals surface area contributed by atoms with E-state index in [1.807, 2.05) is 0 Å². The van der Waals surface area contributed by atoms with Crippen LogP contribution in [0.3, 0.4) is 0 Å². The zero-order valence-corrected chi connectivity index (χ0v) is 31.7. The van der Waals surface area contributed by atoms with Crippen LogP contribution in [0.2, 0.25) is 0 Å². The highest BCUT2D eigenvalue weighted by Crippen LogP contribution is 2.54. The second kappa shape index (κ2) is 13.7. The van der Waals surface area contributed by atoms with E-state index < -0.39 is 0 Å². The number of hydrogen-bond acceptors (Lipinski definition) is 1. The van der Waals surface area contributed by atoms with Gasteiger partial charge in [0, 0.05) is 22.5 Å². The van der Waals surface area contributed by atoms with Gasteiger partial charge in [0.2, 0.25) is 0 Å². The summed E-state index contributed by atoms with van der Waals surface area (Å²) in [5.41, 5.74) is 18.4. The maximum atomic E-state index is 2.43. The van der Waals surface area contributed by atoms with Crippen molar-refractivity contribution in [2.75, 3.05) is 4.90 Å². The Kier molecular flexibility index (Phi) is 8.23. The van der Waals surface area contributed by atoms with Crippen LogP contribution in [0.15, 0.2) is 212 Å². The maximum absolute atomic E-state index is 2.43. The Labute approximate surface area is 329 Å². The third-order valence-electron chi connectivity index (χ3n) is 11.6. The van der Waals surface area contributed by atoms with Crippen molar-refractivity contribution in [3.05, 3.63) is 223 Å². The lowest BCUT2D eigenvalue weighted by atomic mass is 9.81. The van der Waals surface area contributed by atoms with Crippen LogP contribution < -0.4 is 4.90 Å². The van der Waals surface area contributed by atoms with Gasteiger partial charge >= 0.3 is 0 Å². The van der Waals surface area contributed by atoms with E-state index in [0.717, 1.165) is 17.1 Å². The zero-order chi connectivity index (χ0) is 37.6. The minimum atomic E-state index is -0.177. The van der Waals surface area contributed by atoms with Gasteiger partial charge in [0.25, 0.3) is 0 Å². The molecule has 266 valence electrons. The van der Waals surface area contributed by atoms with Gasteiger partial charge in [-0.1, -0.05) is 172 Å². The smallest absolute Gasteiger partial charge is 0.0465 e. The second-order valence-corrected chi connectivity index (χ2v) is 15.4. The molecule has 0 heterocycles. The van der Waals surface area contributed by atoms with Crippen LogP contribution in [0.1, 0.15) is 25.0 Å². The Morgan fingerprint density at radius 3 is 1.50 bits per heavy atom. The summed E-state index contributed by atoms with van der Waals surface area (Å²) in [5.74, 6) is 0. The summed E-state index contributed by atoms with van der Waals surface area (Å²) in [5, 5.41) is 2.49. The van der Waals surface area contributed by atoms with Crippen LogP contribution in [-0.4, -0.2) is 0 Å². The fourth-order valence-corrected chi connectivity index (χ4v) is 8.80. The van der Waals surface area contributed by atoms with Gasteiger partial charge in [-0.15, -0.1) is 0 Å². The highest BCUT2D eigenvalue weighted by Gasteiger charge is 2.37. The van der Waals surface area contributed by atoms with E-state index in [9.17, 15) is 0 Å². The lowest BCUT2D eigenvalue weighted by Gasteiger charge is -2.28. The molecular formula is C55H41N. The van der Waals surface area contributed by atoms with E-state index in [1.165, 1.54) is 77.5 Å². The van der Waals surface area contributed by atoms with Crippen molar-refractivity contribution in [3.8, 4) is 55.6 Å². The van der Waals surface area contributed by atoms with Crippen molar-refractivity contribution in [2.45, 2.75) is 19.3 Å². The molecule has 0 saturated heterocycles. The molecule has 0 fully saturated rings. The average molecular weight is 716 g/mol. The van der Waals surface area contributed by atoms with Gasteiger partial charge in [0.15, 0.2) is 0 Å². The van der Waals surface area contributed by atoms with Crippen LogP contribution in [0.4, 0.5) is 17.1 Å². The van der Waals surface area contributed by atoms with Gasteiger partial charge in [-0.3, -0.25) is 0 Å². The molecule has 0 saturated carbocycles. The number of fused-ring (bicyclic) bond motifs is 4. The zero-order valence-electron chi connectivity index (χ0n) is 31.7. The number of para-hydroxylation sites is 1. The predicted molar refractivity (Wildman–Crippen MR) is 238 cm³/mol. The van der Waals surface area contributed by atoms with E-state index in [2.05, 4.69) is 231 Å². The molecule has 0 spiro atoms. The first-order chi connectivity index (χ1) is 27.5. The number of anilines is 3. The molecule has 10 rings (SSSR count). The summed E-state index contributed by atoms with van der Waals surface area (Å²) in [6.45, 7) is 4.75. The van der Waals surface area contributed by atoms with Crippen LogP contribution in [0.5, 0.6) is 0 Å². The molecule has 1 aliphatic carbocycles. The molecule has 1 heteroatoms. The molecule has 9 aromatic rings. The minimum Gasteiger partial charge on any atom is -0.310 e. The van der Waals surface area contributed by atoms with E-state index in [0.29, 0.717) is 0 Å². The van der Waals surface area contributed by atoms with E-state index in [-0.39, 0.29) is 5.41 Å². The molecule has 56 heavy (non-hydrogen) atoms. The highest BCUT2D eigenvalue weighted by atomic mass is 15.1. The van der Waals surface area contributed by atoms with Crippen molar-refractivity contribution in [1.82, 2.24) is 0 Å². The number of hydrogen-bond donors (Lipinski definition) is 0. The molecule has 0 bridgehead atoms. The number of rotatable bonds is 7. The van der Waals surface area contributed by atoms with Crippen LogP contribution in [0.25, 0.3) is 66.4 Å². The van der Waals surface area contributed by atoms with E-state index >= 15 is 0 Å². The molecule has 0 aliphatic heterocycles. The largest absolute Gasteiger partial charge is 0.310 e. The van der Waals surface area contributed by atoms with Crippen molar-refractivity contribution in [3.63, 3.8) is 0 Å². The monoisotopic (exact) mass is 715 g/mol. The Morgan fingerprint density at radius 1 is 0.304 bits per heavy atom. The molecule has 1 nitrogen and oxygen atoms in total. The normalized spacial score (nSPS) is 12.6. The van der Waals surface area contributed by atoms with Gasteiger partial charge < -0.3 is 4.90 Å². The Balaban J connectivity index is 1.07. The van der Waals surface area contributed by atoms with Gasteiger partial charge in [-0.25, -0.2) is 0 Å². The lowest BCUT2D eigenvalue weighted by Crippen LogP contribution is -2.16. The van der Waals surface area contributed by atoms with Crippen molar-refractivity contribution in [1.29, 1.82) is 0 Å². The Morgan fingerprint density at radius 2 is 0.821 bits per heavy atom. The molecule has 1 aliphatic rings. The van der Waals surface area contributed by atoms with Crippen molar-refractivity contribution < 1.29 is 0 Å². The molecule has 0 atom stereocenters. The SMILES string of the molecule is CC1(C)c2cc(N(c3ccccc3)c3ccc(-c4cc5ccccc5cc4-c4ccccc4)cc3)ccc2-c2c(-c3cccc(-c4ccccc4)c3)cccc21. The predicted octanol–water partition coefficient (Wildman–Crippen LogP) is 15.3. The third kappa shape index (κ3) is 5.81. The quantitative estimate of drug-likeness (QED) is 0.159. The summed E-state index contributed by atoms with van der Waals surface area (Å²) in [6, 6.07) is 77.5. The van der Waals surface area contributed by atoms with Gasteiger partial charge in [-0.2, -0.15) is 0 Å². The van der Waals surface area contributed by atoms with Crippen LogP contribution >= 0.6 is 0 Å². The fraction of sp³-hybridized carbons (Fsp3) is 0.0545. The molecular weight excluding hydrogens is 675 g/mol. The first-order valence-corrected chi connectivity index (χ1v) is 19.5. The average Bonchev–Trinajstić information content (AvgIpc) is 3.50. The van der Waals surface area contributed by atoms with Gasteiger partial charge in [0.05, 0.1) is 0 Å². The number of benzene rings is 9. The Hall–Kier alpha value is -6.96. The van der Waals surface area contributed by atoms with E-state index in [4.69, 9.17) is 0 Å². The number of nitrogens with zero attached hydrogens (tertiary/aromatic N) is 1. The summed E-state index contributed by atoms with van der Waals surface area (Å²) >= 11 is 0. The third-order valence-corrected chi connectivity index (χ3v) is 11.6. The molecule has 0 aromatic heterocycles. The Bertz CT molecular complexity index is 2850.